The molecule has 1 aromatic heterocycles. The SMILES string of the molecule is O=S(=O)(NC[C@@H](OCCO)c1cccs1)c1ccccc1Br. The van der Waals surface area contributed by atoms with Crippen LogP contribution in [0.1, 0.15) is 11.0 Å². The van der Waals surface area contributed by atoms with Gasteiger partial charge in [0.25, 0.3) is 0 Å². The number of nitrogens with one attached hydrogen (secondary N) is 1. The third-order valence-electron chi connectivity index (χ3n) is 2.86. The maximum absolute atomic E-state index is 12.4. The first-order valence-electron chi connectivity index (χ1n) is 6.54. The van der Waals surface area contributed by atoms with E-state index in [4.69, 9.17) is 9.84 Å². The summed E-state index contributed by atoms with van der Waals surface area (Å²) in [5, 5.41) is 10.8. The molecule has 2 aromatic rings. The number of rotatable bonds is 8. The summed E-state index contributed by atoms with van der Waals surface area (Å²) < 4.78 is 33.3. The van der Waals surface area contributed by atoms with Gasteiger partial charge in [0, 0.05) is 15.9 Å². The van der Waals surface area contributed by atoms with Crippen LogP contribution >= 0.6 is 27.3 Å². The Morgan fingerprint density at radius 1 is 1.27 bits per heavy atom. The zero-order valence-electron chi connectivity index (χ0n) is 11.6. The molecule has 0 amide bonds. The molecule has 1 atom stereocenters. The van der Waals surface area contributed by atoms with Crippen molar-refractivity contribution in [2.75, 3.05) is 19.8 Å². The number of halogens is 1. The lowest BCUT2D eigenvalue weighted by Gasteiger charge is -2.17. The van der Waals surface area contributed by atoms with Gasteiger partial charge in [-0.25, -0.2) is 13.1 Å². The quantitative estimate of drug-likeness (QED) is 0.707. The summed E-state index contributed by atoms with van der Waals surface area (Å²) in [7, 11) is -3.64. The van der Waals surface area contributed by atoms with Gasteiger partial charge in [0.15, 0.2) is 0 Å². The molecule has 0 bridgehead atoms. The third kappa shape index (κ3) is 4.61. The summed E-state index contributed by atoms with van der Waals surface area (Å²) in [6.45, 7) is 0.141. The fourth-order valence-corrected chi connectivity index (χ4v) is 4.64. The molecule has 0 aliphatic rings. The Balaban J connectivity index is 2.10. The number of hydrogen-bond acceptors (Lipinski definition) is 5. The Morgan fingerprint density at radius 3 is 2.68 bits per heavy atom. The largest absolute Gasteiger partial charge is 0.394 e. The standard InChI is InChI=1S/C14H16BrNO4S2/c15-11-4-1-2-6-14(11)22(18,19)16-10-12(20-8-7-17)13-5-3-9-21-13/h1-6,9,12,16-17H,7-8,10H2/t12-/m1/s1. The Hall–Kier alpha value is -0.770. The molecule has 5 nitrogen and oxygen atoms in total. The Morgan fingerprint density at radius 2 is 2.05 bits per heavy atom. The molecule has 0 radical (unpaired) electrons. The van der Waals surface area contributed by atoms with Crippen molar-refractivity contribution < 1.29 is 18.3 Å². The van der Waals surface area contributed by atoms with Crippen LogP contribution in [0.2, 0.25) is 0 Å². The van der Waals surface area contributed by atoms with Crippen LogP contribution in [0, 0.1) is 0 Å². The summed E-state index contributed by atoms with van der Waals surface area (Å²) in [4.78, 5) is 1.09. The summed E-state index contributed by atoms with van der Waals surface area (Å²) in [6, 6.07) is 10.4. The van der Waals surface area contributed by atoms with Crippen molar-refractivity contribution in [3.8, 4) is 0 Å². The minimum absolute atomic E-state index is 0.101. The molecule has 0 fully saturated rings. The fraction of sp³-hybridized carbons (Fsp3) is 0.286. The van der Waals surface area contributed by atoms with Crippen LogP contribution in [0.3, 0.4) is 0 Å². The van der Waals surface area contributed by atoms with E-state index in [2.05, 4.69) is 20.7 Å². The van der Waals surface area contributed by atoms with Crippen molar-refractivity contribution >= 4 is 37.3 Å². The second-order valence-corrected chi connectivity index (χ2v) is 7.95. The van der Waals surface area contributed by atoms with Crippen molar-refractivity contribution in [2.24, 2.45) is 0 Å². The lowest BCUT2D eigenvalue weighted by Crippen LogP contribution is -2.30. The molecule has 22 heavy (non-hydrogen) atoms. The summed E-state index contributed by atoms with van der Waals surface area (Å²) in [5.41, 5.74) is 0. The Kier molecular flexibility index (Phi) is 6.54. The number of thiophene rings is 1. The highest BCUT2D eigenvalue weighted by atomic mass is 79.9. The van der Waals surface area contributed by atoms with Gasteiger partial charge in [-0.1, -0.05) is 18.2 Å². The zero-order valence-corrected chi connectivity index (χ0v) is 14.8. The van der Waals surface area contributed by atoms with E-state index in [0.717, 1.165) is 4.88 Å². The third-order valence-corrected chi connectivity index (χ3v) is 6.26. The summed E-state index contributed by atoms with van der Waals surface area (Å²) >= 11 is 4.72. The maximum Gasteiger partial charge on any atom is 0.241 e. The first-order chi connectivity index (χ1) is 10.5. The first kappa shape index (κ1) is 17.6. The minimum atomic E-state index is -3.64. The zero-order chi connectivity index (χ0) is 16.0. The molecule has 0 saturated heterocycles. The highest BCUT2D eigenvalue weighted by Crippen LogP contribution is 2.24. The van der Waals surface area contributed by atoms with Crippen LogP contribution in [-0.4, -0.2) is 33.3 Å². The molecule has 120 valence electrons. The Labute approximate surface area is 142 Å². The summed E-state index contributed by atoms with van der Waals surface area (Å²) in [5.74, 6) is 0. The van der Waals surface area contributed by atoms with Crippen LogP contribution in [-0.2, 0) is 14.8 Å². The summed E-state index contributed by atoms with van der Waals surface area (Å²) in [6.07, 6.45) is -0.426. The van der Waals surface area contributed by atoms with E-state index in [1.54, 1.807) is 18.2 Å². The van der Waals surface area contributed by atoms with Crippen LogP contribution < -0.4 is 4.72 Å². The van der Waals surface area contributed by atoms with Crippen LogP contribution in [0.15, 0.2) is 51.1 Å². The van der Waals surface area contributed by atoms with Gasteiger partial charge in [-0.3, -0.25) is 0 Å². The molecule has 1 aromatic carbocycles. The number of aliphatic hydroxyl groups is 1. The van der Waals surface area contributed by atoms with Gasteiger partial charge in [-0.15, -0.1) is 11.3 Å². The van der Waals surface area contributed by atoms with Crippen molar-refractivity contribution in [3.63, 3.8) is 0 Å². The number of ether oxygens (including phenoxy) is 1. The minimum Gasteiger partial charge on any atom is -0.394 e. The normalized spacial score (nSPS) is 13.2. The van der Waals surface area contributed by atoms with Crippen LogP contribution in [0.5, 0.6) is 0 Å². The Bertz CT molecular complexity index is 689. The molecule has 2 rings (SSSR count). The lowest BCUT2D eigenvalue weighted by molar-refractivity contribution is 0.0328. The average Bonchev–Trinajstić information content (AvgIpc) is 3.02. The van der Waals surface area contributed by atoms with Crippen molar-refractivity contribution in [1.29, 1.82) is 0 Å². The maximum atomic E-state index is 12.4. The predicted octanol–water partition coefficient (Wildman–Crippen LogP) is 2.54. The molecular weight excluding hydrogens is 390 g/mol. The molecule has 0 unspecified atom stereocenters. The topological polar surface area (TPSA) is 75.6 Å². The van der Waals surface area contributed by atoms with E-state index >= 15 is 0 Å². The van der Waals surface area contributed by atoms with Gasteiger partial charge >= 0.3 is 0 Å². The van der Waals surface area contributed by atoms with Gasteiger partial charge in [-0.05, 0) is 39.5 Å². The highest BCUT2D eigenvalue weighted by molar-refractivity contribution is 9.10. The van der Waals surface area contributed by atoms with Gasteiger partial charge in [0.2, 0.25) is 10.0 Å². The van der Waals surface area contributed by atoms with Gasteiger partial charge in [-0.2, -0.15) is 0 Å². The monoisotopic (exact) mass is 405 g/mol. The van der Waals surface area contributed by atoms with Crippen molar-refractivity contribution in [1.82, 2.24) is 4.72 Å². The highest BCUT2D eigenvalue weighted by Gasteiger charge is 2.21. The molecule has 0 aliphatic heterocycles. The molecule has 0 aliphatic carbocycles. The van der Waals surface area contributed by atoms with Crippen LogP contribution in [0.25, 0.3) is 0 Å². The molecular formula is C14H16BrNO4S2. The molecule has 0 saturated carbocycles. The van der Waals surface area contributed by atoms with E-state index < -0.39 is 16.1 Å². The second kappa shape index (κ2) is 8.19. The molecule has 1 heterocycles. The van der Waals surface area contributed by atoms with Gasteiger partial charge in [0.05, 0.1) is 18.1 Å². The number of aliphatic hydroxyl groups excluding tert-OH is 1. The van der Waals surface area contributed by atoms with E-state index in [1.165, 1.54) is 17.4 Å². The van der Waals surface area contributed by atoms with Crippen molar-refractivity contribution in [3.05, 3.63) is 51.1 Å². The second-order valence-electron chi connectivity index (χ2n) is 4.38. The van der Waals surface area contributed by atoms with E-state index in [9.17, 15) is 8.42 Å². The lowest BCUT2D eigenvalue weighted by atomic mass is 10.3. The number of sulfonamides is 1. The number of hydrogen-bond donors (Lipinski definition) is 2. The van der Waals surface area contributed by atoms with Gasteiger partial charge in [0.1, 0.15) is 6.10 Å². The van der Waals surface area contributed by atoms with Crippen molar-refractivity contribution in [2.45, 2.75) is 11.0 Å². The van der Waals surface area contributed by atoms with Gasteiger partial charge < -0.3 is 9.84 Å². The number of benzene rings is 1. The molecule has 8 heteroatoms. The predicted molar refractivity (Wildman–Crippen MR) is 89.4 cm³/mol. The van der Waals surface area contributed by atoms with E-state index in [-0.39, 0.29) is 24.7 Å². The van der Waals surface area contributed by atoms with E-state index in [0.29, 0.717) is 4.47 Å². The molecule has 2 N–H and O–H groups in total. The average molecular weight is 406 g/mol. The van der Waals surface area contributed by atoms with E-state index in [1.807, 2.05) is 17.5 Å². The molecule has 0 spiro atoms. The fourth-order valence-electron chi connectivity index (χ4n) is 1.84. The smallest absolute Gasteiger partial charge is 0.241 e. The van der Waals surface area contributed by atoms with Crippen LogP contribution in [0.4, 0.5) is 0 Å². The first-order valence-corrected chi connectivity index (χ1v) is 9.70.